The Balaban J connectivity index is 1.22. The Morgan fingerprint density at radius 3 is 2.45 bits per heavy atom. The summed E-state index contributed by atoms with van der Waals surface area (Å²) in [6.45, 7) is 2.25. The number of primary sulfonamides is 1. The Morgan fingerprint density at radius 2 is 1.79 bits per heavy atom. The van der Waals surface area contributed by atoms with E-state index in [1.54, 1.807) is 36.1 Å². The van der Waals surface area contributed by atoms with Crippen LogP contribution in [0.25, 0.3) is 0 Å². The minimum absolute atomic E-state index is 0.00326. The van der Waals surface area contributed by atoms with Gasteiger partial charge in [-0.3, -0.25) is 19.7 Å². The quantitative estimate of drug-likeness (QED) is 0.0891. The number of fused-ring (bicyclic) bond motifs is 2. The molecular formula is C36H50ClN7O10S2. The van der Waals surface area contributed by atoms with E-state index >= 15 is 0 Å². The minimum atomic E-state index is -4.30. The average molecular weight is 840 g/mol. The number of nitrogens with two attached hydrogens (primary N) is 2. The average Bonchev–Trinajstić information content (AvgIpc) is 3.52. The van der Waals surface area contributed by atoms with Crippen molar-refractivity contribution in [2.24, 2.45) is 16.8 Å². The molecule has 2 fully saturated rings. The minimum Gasteiger partial charge on any atom is -0.480 e. The highest BCUT2D eigenvalue weighted by atomic mass is 35.5. The molecule has 1 unspecified atom stereocenters. The highest BCUT2D eigenvalue weighted by Crippen LogP contribution is 2.40. The Labute approximate surface area is 331 Å². The fraction of sp³-hybridized carbons (Fsp3) is 0.556. The number of amides is 2. The van der Waals surface area contributed by atoms with Crippen molar-refractivity contribution in [3.05, 3.63) is 47.0 Å². The number of rotatable bonds is 17. The molecule has 0 bridgehead atoms. The summed E-state index contributed by atoms with van der Waals surface area (Å²) in [5.41, 5.74) is 6.98. The van der Waals surface area contributed by atoms with E-state index in [4.69, 9.17) is 27.2 Å². The number of halogens is 1. The van der Waals surface area contributed by atoms with Crippen LogP contribution in [0.4, 0.5) is 11.4 Å². The summed E-state index contributed by atoms with van der Waals surface area (Å²) in [6.07, 6.45) is 4.87. The maximum absolute atomic E-state index is 14.2. The Hall–Kier alpha value is -3.85. The van der Waals surface area contributed by atoms with Gasteiger partial charge in [0.1, 0.15) is 21.9 Å². The first kappa shape index (κ1) is 43.3. The fourth-order valence-corrected chi connectivity index (χ4v) is 10.3. The van der Waals surface area contributed by atoms with Crippen molar-refractivity contribution in [1.29, 1.82) is 0 Å². The number of carbonyl (C=O) groups is 4. The third-order valence-electron chi connectivity index (χ3n) is 10.5. The number of carbonyl (C=O) groups excluding carboxylic acids is 3. The van der Waals surface area contributed by atoms with E-state index in [0.717, 1.165) is 43.4 Å². The maximum atomic E-state index is 14.2. The van der Waals surface area contributed by atoms with Gasteiger partial charge >= 0.3 is 11.9 Å². The van der Waals surface area contributed by atoms with Crippen molar-refractivity contribution in [2.45, 2.75) is 118 Å². The summed E-state index contributed by atoms with van der Waals surface area (Å²) in [6, 6.07) is 6.05. The normalized spacial score (nSPS) is 22.5. The lowest BCUT2D eigenvalue weighted by Gasteiger charge is -2.36. The molecule has 5 rings (SSSR count). The number of unbranched alkanes of at least 4 members (excludes halogenated alkanes) is 1. The number of anilines is 2. The van der Waals surface area contributed by atoms with Crippen molar-refractivity contribution in [3.8, 4) is 0 Å². The second-order valence-corrected chi connectivity index (χ2v) is 18.0. The molecule has 6 atom stereocenters. The zero-order valence-electron chi connectivity index (χ0n) is 31.0. The second-order valence-electron chi connectivity index (χ2n) is 14.4. The van der Waals surface area contributed by atoms with Gasteiger partial charge in [-0.15, -0.1) is 0 Å². The van der Waals surface area contributed by atoms with Gasteiger partial charge in [0.25, 0.3) is 0 Å². The molecule has 2 aromatic carbocycles. The van der Waals surface area contributed by atoms with Crippen LogP contribution in [0.15, 0.2) is 46.2 Å². The molecule has 0 radical (unpaired) electrons. The molecule has 56 heavy (non-hydrogen) atoms. The third-order valence-corrected chi connectivity index (χ3v) is 13.3. The number of esters is 1. The summed E-state index contributed by atoms with van der Waals surface area (Å²) >= 11 is 6.04. The molecule has 1 aliphatic carbocycles. The summed E-state index contributed by atoms with van der Waals surface area (Å²) in [5, 5.41) is 23.7. The number of ether oxygens (including phenoxy) is 1. The first-order valence-electron chi connectivity index (χ1n) is 18.7. The summed E-state index contributed by atoms with van der Waals surface area (Å²) in [4.78, 5) is 53.3. The van der Waals surface area contributed by atoms with E-state index in [9.17, 15) is 41.1 Å². The van der Waals surface area contributed by atoms with Gasteiger partial charge in [0, 0.05) is 11.7 Å². The highest BCUT2D eigenvalue weighted by molar-refractivity contribution is 7.90. The van der Waals surface area contributed by atoms with Crippen LogP contribution in [-0.2, 0) is 50.4 Å². The number of nitrogens with one attached hydrogen (secondary N) is 4. The number of hydrogen-bond donors (Lipinski definition) is 7. The lowest BCUT2D eigenvalue weighted by atomic mass is 9.84. The third kappa shape index (κ3) is 10.6. The number of carboxylic acid groups (broad SMARTS) is 1. The Kier molecular flexibility index (Phi) is 14.4. The predicted molar refractivity (Wildman–Crippen MR) is 207 cm³/mol. The van der Waals surface area contributed by atoms with E-state index in [1.165, 1.54) is 0 Å². The first-order chi connectivity index (χ1) is 26.5. The number of aliphatic carboxylic acids is 1. The number of nitrogens with zero attached hydrogens (tertiary/aromatic N) is 1. The van der Waals surface area contributed by atoms with Crippen LogP contribution in [-0.4, -0.2) is 94.1 Å². The molecular weight excluding hydrogens is 790 g/mol. The number of carboxylic acids is 1. The van der Waals surface area contributed by atoms with Gasteiger partial charge in [-0.05, 0) is 94.2 Å². The van der Waals surface area contributed by atoms with E-state index in [2.05, 4.69) is 20.7 Å². The van der Waals surface area contributed by atoms with Gasteiger partial charge < -0.3 is 31.1 Å². The topological polar surface area (TPSA) is 269 Å². The van der Waals surface area contributed by atoms with Gasteiger partial charge in [-0.2, -0.15) is 4.72 Å². The van der Waals surface area contributed by atoms with E-state index in [1.807, 2.05) is 0 Å². The number of benzene rings is 2. The van der Waals surface area contributed by atoms with Crippen LogP contribution < -0.4 is 31.5 Å². The monoisotopic (exact) mass is 839 g/mol. The van der Waals surface area contributed by atoms with Crippen LogP contribution in [0.1, 0.15) is 76.7 Å². The van der Waals surface area contributed by atoms with Gasteiger partial charge in [0.05, 0.1) is 35.9 Å². The van der Waals surface area contributed by atoms with Gasteiger partial charge in [0.2, 0.25) is 31.9 Å². The van der Waals surface area contributed by atoms with Crippen LogP contribution >= 0.6 is 11.6 Å². The van der Waals surface area contributed by atoms with Gasteiger partial charge in [-0.1, -0.05) is 43.0 Å². The van der Waals surface area contributed by atoms with Crippen molar-refractivity contribution in [3.63, 3.8) is 0 Å². The lowest BCUT2D eigenvalue weighted by Crippen LogP contribution is -2.56. The van der Waals surface area contributed by atoms with Gasteiger partial charge in [-0.25, -0.2) is 26.8 Å². The molecule has 2 aliphatic heterocycles. The molecule has 2 heterocycles. The summed E-state index contributed by atoms with van der Waals surface area (Å²) in [7, 11) is -8.53. The zero-order chi connectivity index (χ0) is 40.8. The molecule has 20 heteroatoms. The van der Waals surface area contributed by atoms with Crippen LogP contribution in [0, 0.1) is 5.92 Å². The van der Waals surface area contributed by atoms with Gasteiger partial charge in [0.15, 0.2) is 0 Å². The molecule has 3 aliphatic rings. The maximum Gasteiger partial charge on any atom is 0.326 e. The molecule has 9 N–H and O–H groups in total. The van der Waals surface area contributed by atoms with Crippen molar-refractivity contribution < 1.29 is 45.9 Å². The van der Waals surface area contributed by atoms with Crippen molar-refractivity contribution in [1.82, 2.24) is 14.9 Å². The van der Waals surface area contributed by atoms with E-state index < -0.39 is 67.1 Å². The fourth-order valence-electron chi connectivity index (χ4n) is 7.82. The van der Waals surface area contributed by atoms with Crippen LogP contribution in [0.5, 0.6) is 0 Å². The summed E-state index contributed by atoms with van der Waals surface area (Å²) < 4.78 is 57.1. The van der Waals surface area contributed by atoms with Crippen molar-refractivity contribution >= 4 is 66.8 Å². The first-order valence-corrected chi connectivity index (χ1v) is 22.1. The SMILES string of the molecule is CCOC(=O)[C@H](CCc1ccc(NC(=O)C[C@H]2Nc3cc(Cl)c(S(N)(=O)=O)cc3S(=O)(=O)N2)cc1)NC(CCCCN)C(=O)N1[C@@H]2CCCC[C@@H]2C[C@H]1C(=O)O. The Bertz CT molecular complexity index is 2000. The van der Waals surface area contributed by atoms with E-state index in [0.29, 0.717) is 44.3 Å². The molecule has 2 amide bonds. The Morgan fingerprint density at radius 1 is 1.07 bits per heavy atom. The molecule has 1 saturated carbocycles. The number of hydrogen-bond acceptors (Lipinski definition) is 12. The molecule has 1 saturated heterocycles. The second kappa shape index (κ2) is 18.6. The molecule has 308 valence electrons. The number of sulfonamides is 2. The highest BCUT2D eigenvalue weighted by Gasteiger charge is 2.49. The molecule has 17 nitrogen and oxygen atoms in total. The largest absolute Gasteiger partial charge is 0.480 e. The zero-order valence-corrected chi connectivity index (χ0v) is 33.4. The van der Waals surface area contributed by atoms with Crippen LogP contribution in [0.3, 0.4) is 0 Å². The van der Waals surface area contributed by atoms with Crippen LogP contribution in [0.2, 0.25) is 5.02 Å². The van der Waals surface area contributed by atoms with E-state index in [-0.39, 0.29) is 52.9 Å². The standard InChI is InChI=1S/C36H50ClN7O10S2/c1-2-54-36(49)26(41-25(8-5-6-16-38)34(46)44-28-9-4-3-7-22(28)17-29(44)35(47)48)15-12-21-10-13-23(14-11-21)40-33(45)20-32-42-27-18-24(37)30(55(39,50)51)19-31(27)56(52,53)43-32/h10-11,13-14,18-19,22,25-26,28-29,32,41-43H,2-9,12,15-17,20,38H2,1H3,(H,40,45)(H,47,48)(H2,39,50,51)/t22-,25?,26+,28-,29+,32+/m1/s1. The smallest absolute Gasteiger partial charge is 0.326 e. The number of aryl methyl sites for hydroxylation is 1. The lowest BCUT2D eigenvalue weighted by molar-refractivity contribution is -0.152. The number of likely N-dealkylation sites (tertiary alicyclic amines) is 1. The molecule has 0 aromatic heterocycles. The molecule has 2 aromatic rings. The predicted octanol–water partition coefficient (Wildman–Crippen LogP) is 2.24. The summed E-state index contributed by atoms with van der Waals surface area (Å²) in [5.74, 6) is -2.27. The molecule has 0 spiro atoms. The van der Waals surface area contributed by atoms with Crippen molar-refractivity contribution in [2.75, 3.05) is 23.8 Å².